The van der Waals surface area contributed by atoms with Crippen molar-refractivity contribution < 1.29 is 0 Å². The summed E-state index contributed by atoms with van der Waals surface area (Å²) in [7, 11) is 0. The zero-order valence-electron chi connectivity index (χ0n) is 14.5. The lowest BCUT2D eigenvalue weighted by Gasteiger charge is -2.18. The first-order valence-corrected chi connectivity index (χ1v) is 7.77. The molecule has 2 heteroatoms. The van der Waals surface area contributed by atoms with E-state index in [0.29, 0.717) is 11.4 Å². The molecule has 2 rings (SSSR count). The molecule has 2 aromatic carbocycles. The van der Waals surface area contributed by atoms with Gasteiger partial charge in [0.25, 0.3) is 11.4 Å². The van der Waals surface area contributed by atoms with Crippen molar-refractivity contribution in [2.45, 2.75) is 52.4 Å². The summed E-state index contributed by atoms with van der Waals surface area (Å²) in [6, 6.07) is 15.7. The van der Waals surface area contributed by atoms with E-state index >= 15 is 0 Å². The largest absolute Gasteiger partial charge is 0.263 e. The van der Waals surface area contributed by atoms with Gasteiger partial charge in [-0.25, -0.2) is 0 Å². The maximum Gasteiger partial charge on any atom is 0.263 e. The fourth-order valence-corrected chi connectivity index (χ4v) is 2.34. The number of nitroso groups, excluding NO2 is 1. The Bertz CT molecular complexity index is 593. The van der Waals surface area contributed by atoms with Crippen LogP contribution in [0.25, 0.3) is 0 Å². The van der Waals surface area contributed by atoms with Crippen LogP contribution in [0.15, 0.2) is 48.5 Å². The lowest BCUT2D eigenvalue weighted by atomic mass is 9.87. The van der Waals surface area contributed by atoms with Crippen LogP contribution in [-0.4, -0.2) is 0 Å². The van der Waals surface area contributed by atoms with Crippen LogP contribution in [0.2, 0.25) is 0 Å². The Morgan fingerprint density at radius 2 is 0.864 bits per heavy atom. The molecule has 116 valence electrons. The summed E-state index contributed by atoms with van der Waals surface area (Å²) in [6.07, 6.45) is 0. The molecule has 0 unspecified atom stereocenters. The zero-order chi connectivity index (χ0) is 16.5. The van der Waals surface area contributed by atoms with Gasteiger partial charge in [0.2, 0.25) is 0 Å². The summed E-state index contributed by atoms with van der Waals surface area (Å²) < 4.78 is 0.985. The van der Waals surface area contributed by atoms with Crippen molar-refractivity contribution in [1.82, 2.24) is 4.76 Å². The minimum Gasteiger partial charge on any atom is -0.0561 e. The molecule has 0 atom stereocenters. The second-order valence-electron chi connectivity index (χ2n) is 7.89. The third-order valence-electron chi connectivity index (χ3n) is 3.94. The van der Waals surface area contributed by atoms with Gasteiger partial charge in [0.05, 0.1) is 4.76 Å². The Morgan fingerprint density at radius 1 is 0.591 bits per heavy atom. The molecule has 2 aromatic rings. The highest BCUT2D eigenvalue weighted by Gasteiger charge is 2.21. The second-order valence-corrected chi connectivity index (χ2v) is 7.89. The van der Waals surface area contributed by atoms with Gasteiger partial charge in [0.1, 0.15) is 0 Å². The van der Waals surface area contributed by atoms with Gasteiger partial charge < -0.3 is 0 Å². The van der Waals surface area contributed by atoms with Crippen molar-refractivity contribution in [2.75, 3.05) is 0 Å². The standard InChI is InChI=1S/C20H26NO/c1-19(2,3)15-7-11-17(12-8-15)21(22)18-13-9-16(10-14-18)20(4,5)6/h7-14H,1-6H3/q+1. The smallest absolute Gasteiger partial charge is 0.0561 e. The normalized spacial score (nSPS) is 12.3. The lowest BCUT2D eigenvalue weighted by molar-refractivity contribution is 0.590. The van der Waals surface area contributed by atoms with E-state index in [0.717, 1.165) is 4.76 Å². The van der Waals surface area contributed by atoms with Gasteiger partial charge in [0.15, 0.2) is 0 Å². The van der Waals surface area contributed by atoms with Gasteiger partial charge in [-0.3, -0.25) is 0 Å². The highest BCUT2D eigenvalue weighted by molar-refractivity contribution is 5.53. The summed E-state index contributed by atoms with van der Waals surface area (Å²) in [4.78, 5) is 12.5. The minimum absolute atomic E-state index is 0.0978. The van der Waals surface area contributed by atoms with E-state index in [1.165, 1.54) is 11.1 Å². The summed E-state index contributed by atoms with van der Waals surface area (Å²) in [5.41, 5.74) is 3.98. The molecule has 0 aliphatic carbocycles. The molecule has 0 bridgehead atoms. The maximum absolute atomic E-state index is 12.5. The van der Waals surface area contributed by atoms with E-state index in [9.17, 15) is 4.91 Å². The Hall–Kier alpha value is -1.96. The Kier molecular flexibility index (Phi) is 4.23. The molecule has 0 amide bonds. The SMILES string of the molecule is CC(C)(C)c1ccc([N+](=O)c2ccc(C(C)(C)C)cc2)cc1. The Balaban J connectivity index is 2.25. The van der Waals surface area contributed by atoms with Gasteiger partial charge in [-0.2, -0.15) is 0 Å². The molecule has 2 nitrogen and oxygen atoms in total. The molecule has 0 aliphatic rings. The van der Waals surface area contributed by atoms with Gasteiger partial charge in [-0.1, -0.05) is 65.8 Å². The number of nitrogens with zero attached hydrogens (tertiary/aromatic N) is 1. The fourth-order valence-electron chi connectivity index (χ4n) is 2.34. The van der Waals surface area contributed by atoms with Crippen LogP contribution in [0.5, 0.6) is 0 Å². The van der Waals surface area contributed by atoms with Crippen molar-refractivity contribution in [1.29, 1.82) is 0 Å². The molecule has 0 N–H and O–H groups in total. The predicted octanol–water partition coefficient (Wildman–Crippen LogP) is 5.88. The molecular weight excluding hydrogens is 270 g/mol. The molecule has 0 fully saturated rings. The van der Waals surface area contributed by atoms with Crippen LogP contribution in [-0.2, 0) is 10.8 Å². The van der Waals surface area contributed by atoms with Crippen LogP contribution in [0.4, 0.5) is 11.4 Å². The van der Waals surface area contributed by atoms with Crippen LogP contribution < -0.4 is 4.76 Å². The van der Waals surface area contributed by atoms with Gasteiger partial charge >= 0.3 is 0 Å². The summed E-state index contributed by atoms with van der Waals surface area (Å²) in [5, 5.41) is 0. The molecule has 22 heavy (non-hydrogen) atoms. The van der Waals surface area contributed by atoms with E-state index in [-0.39, 0.29) is 10.8 Å². The first-order chi connectivity index (χ1) is 10.1. The number of rotatable bonds is 2. The van der Waals surface area contributed by atoms with Crippen molar-refractivity contribution in [3.63, 3.8) is 0 Å². The monoisotopic (exact) mass is 296 g/mol. The number of hydrogen-bond donors (Lipinski definition) is 0. The Morgan fingerprint density at radius 3 is 1.09 bits per heavy atom. The molecule has 0 aliphatic heterocycles. The Labute approximate surface area is 133 Å². The molecule has 0 heterocycles. The average Bonchev–Trinajstić information content (AvgIpc) is 2.45. The van der Waals surface area contributed by atoms with Gasteiger partial charge in [-0.15, -0.1) is 0 Å². The van der Waals surface area contributed by atoms with E-state index in [2.05, 4.69) is 41.5 Å². The first kappa shape index (κ1) is 16.4. The highest BCUT2D eigenvalue weighted by Crippen LogP contribution is 2.28. The topological polar surface area (TPSA) is 20.1 Å². The first-order valence-electron chi connectivity index (χ1n) is 7.77. The van der Waals surface area contributed by atoms with Crippen molar-refractivity contribution in [2.24, 2.45) is 0 Å². The highest BCUT2D eigenvalue weighted by atomic mass is 16.3. The van der Waals surface area contributed by atoms with E-state index < -0.39 is 0 Å². The molecule has 0 spiro atoms. The van der Waals surface area contributed by atoms with E-state index in [4.69, 9.17) is 0 Å². The maximum atomic E-state index is 12.5. The average molecular weight is 296 g/mol. The summed E-state index contributed by atoms with van der Waals surface area (Å²) >= 11 is 0. The molecule has 0 saturated carbocycles. The van der Waals surface area contributed by atoms with Gasteiger partial charge in [-0.05, 0) is 22.0 Å². The number of hydrogen-bond acceptors (Lipinski definition) is 1. The molecule has 0 radical (unpaired) electrons. The third kappa shape index (κ3) is 3.62. The van der Waals surface area contributed by atoms with E-state index in [1.54, 1.807) is 0 Å². The zero-order valence-corrected chi connectivity index (χ0v) is 14.5. The van der Waals surface area contributed by atoms with Gasteiger partial charge in [0, 0.05) is 29.2 Å². The van der Waals surface area contributed by atoms with Crippen molar-refractivity contribution in [3.8, 4) is 0 Å². The molecule has 0 saturated heterocycles. The lowest BCUT2D eigenvalue weighted by Crippen LogP contribution is -2.11. The van der Waals surface area contributed by atoms with Crippen LogP contribution in [0.1, 0.15) is 52.7 Å². The van der Waals surface area contributed by atoms with Crippen LogP contribution in [0.3, 0.4) is 0 Å². The van der Waals surface area contributed by atoms with Crippen LogP contribution >= 0.6 is 0 Å². The van der Waals surface area contributed by atoms with E-state index in [1.807, 2.05) is 48.5 Å². The van der Waals surface area contributed by atoms with Crippen LogP contribution in [0, 0.1) is 4.91 Å². The second kappa shape index (κ2) is 5.68. The number of benzene rings is 2. The molecular formula is C20H26NO+. The molecule has 0 aromatic heterocycles. The van der Waals surface area contributed by atoms with Crippen molar-refractivity contribution >= 4 is 11.4 Å². The summed E-state index contributed by atoms with van der Waals surface area (Å²) in [5.74, 6) is 0. The predicted molar refractivity (Wildman–Crippen MR) is 95.1 cm³/mol. The van der Waals surface area contributed by atoms with Crippen molar-refractivity contribution in [3.05, 3.63) is 64.6 Å². The minimum atomic E-state index is 0.0978. The quantitative estimate of drug-likeness (QED) is 0.633. The fraction of sp³-hybridized carbons (Fsp3) is 0.400. The third-order valence-corrected chi connectivity index (χ3v) is 3.94. The summed E-state index contributed by atoms with van der Waals surface area (Å²) in [6.45, 7) is 13.0.